The molecule has 0 aromatic heterocycles. The molecule has 0 unspecified atom stereocenters. The lowest BCUT2D eigenvalue weighted by atomic mass is 10.1. The second-order valence-electron chi connectivity index (χ2n) is 5.19. The van der Waals surface area contributed by atoms with Gasteiger partial charge in [-0.05, 0) is 40.0 Å². The third kappa shape index (κ3) is 11.3. The van der Waals surface area contributed by atoms with Gasteiger partial charge in [0.2, 0.25) is 0 Å². The third-order valence-electron chi connectivity index (χ3n) is 2.13. The monoisotopic (exact) mass is 276 g/mol. The van der Waals surface area contributed by atoms with Gasteiger partial charge in [-0.2, -0.15) is 0 Å². The summed E-state index contributed by atoms with van der Waals surface area (Å²) in [4.78, 5) is 21.8. The first kappa shape index (κ1) is 17.5. The predicted octanol–water partition coefficient (Wildman–Crippen LogP) is 1.14. The van der Waals surface area contributed by atoms with Crippen molar-refractivity contribution in [1.29, 1.82) is 0 Å². The smallest absolute Gasteiger partial charge is 0.407 e. The Kier molecular flexibility index (Phi) is 7.90. The van der Waals surface area contributed by atoms with E-state index in [0.717, 1.165) is 0 Å². The molecule has 0 bridgehead atoms. The van der Waals surface area contributed by atoms with Gasteiger partial charge in [0.1, 0.15) is 5.60 Å². The fraction of sp³-hybridized carbons (Fsp3) is 0.833. The average molecular weight is 276 g/mol. The van der Waals surface area contributed by atoms with Crippen molar-refractivity contribution in [2.75, 3.05) is 13.2 Å². The lowest BCUT2D eigenvalue weighted by Crippen LogP contribution is -2.41. The number of carbonyl (C=O) groups is 2. The summed E-state index contributed by atoms with van der Waals surface area (Å²) in [5, 5.41) is 11.7. The molecule has 0 fully saturated rings. The lowest BCUT2D eigenvalue weighted by molar-refractivity contribution is 0.0478. The third-order valence-corrected chi connectivity index (χ3v) is 2.13. The molecule has 19 heavy (non-hydrogen) atoms. The van der Waals surface area contributed by atoms with Crippen molar-refractivity contribution < 1.29 is 24.2 Å². The number of carbonyl (C=O) groups excluding carboxylic acids is 2. The van der Waals surface area contributed by atoms with Crippen LogP contribution in [0.4, 0.5) is 9.59 Å². The molecular formula is C12H24N2O5. The van der Waals surface area contributed by atoms with Crippen LogP contribution in [0.2, 0.25) is 0 Å². The molecule has 0 saturated carbocycles. The Bertz CT molecular complexity index is 288. The van der Waals surface area contributed by atoms with Crippen molar-refractivity contribution in [1.82, 2.24) is 5.32 Å². The number of amides is 2. The maximum Gasteiger partial charge on any atom is 0.407 e. The standard InChI is InChI=1S/C12H24N2O5/c1-12(2,3)19-11(17)14-9(8-15)6-4-5-7-18-10(13)16/h9,15H,4-8H2,1-3H3,(H2,13,16)(H,14,17)/t9-/m0/s1. The molecule has 0 saturated heterocycles. The van der Waals surface area contributed by atoms with E-state index in [0.29, 0.717) is 19.3 Å². The first-order valence-electron chi connectivity index (χ1n) is 6.27. The molecule has 4 N–H and O–H groups in total. The van der Waals surface area contributed by atoms with E-state index in [1.54, 1.807) is 20.8 Å². The number of alkyl carbamates (subject to hydrolysis) is 1. The summed E-state index contributed by atoms with van der Waals surface area (Å²) in [5.74, 6) is 0. The van der Waals surface area contributed by atoms with Crippen LogP contribution in [0.15, 0.2) is 0 Å². The first-order valence-corrected chi connectivity index (χ1v) is 6.27. The number of hydrogen-bond donors (Lipinski definition) is 3. The highest BCUT2D eigenvalue weighted by atomic mass is 16.6. The number of aliphatic hydroxyl groups excluding tert-OH is 1. The van der Waals surface area contributed by atoms with Gasteiger partial charge in [0.05, 0.1) is 19.3 Å². The van der Waals surface area contributed by atoms with Crippen LogP contribution in [-0.2, 0) is 9.47 Å². The molecule has 0 aromatic carbocycles. The minimum Gasteiger partial charge on any atom is -0.450 e. The summed E-state index contributed by atoms with van der Waals surface area (Å²) in [6, 6.07) is -0.372. The number of nitrogens with two attached hydrogens (primary N) is 1. The number of ether oxygens (including phenoxy) is 2. The second kappa shape index (κ2) is 8.58. The molecule has 1 atom stereocenters. The summed E-state index contributed by atoms with van der Waals surface area (Å²) >= 11 is 0. The Morgan fingerprint density at radius 2 is 1.95 bits per heavy atom. The molecule has 0 aliphatic heterocycles. The van der Waals surface area contributed by atoms with E-state index in [9.17, 15) is 9.59 Å². The average Bonchev–Trinajstić information content (AvgIpc) is 2.24. The maximum atomic E-state index is 11.5. The Balaban J connectivity index is 3.82. The van der Waals surface area contributed by atoms with E-state index in [-0.39, 0.29) is 19.3 Å². The van der Waals surface area contributed by atoms with Crippen molar-refractivity contribution in [2.24, 2.45) is 5.73 Å². The van der Waals surface area contributed by atoms with Crippen molar-refractivity contribution in [3.63, 3.8) is 0 Å². The van der Waals surface area contributed by atoms with Gasteiger partial charge in [-0.1, -0.05) is 0 Å². The molecule has 0 radical (unpaired) electrons. The summed E-state index contributed by atoms with van der Waals surface area (Å²) in [5.41, 5.74) is 4.24. The summed E-state index contributed by atoms with van der Waals surface area (Å²) in [7, 11) is 0. The Labute approximate surface area is 113 Å². The van der Waals surface area contributed by atoms with Crippen molar-refractivity contribution >= 4 is 12.2 Å². The molecule has 2 amide bonds. The Morgan fingerprint density at radius 1 is 1.32 bits per heavy atom. The van der Waals surface area contributed by atoms with E-state index in [2.05, 4.69) is 10.1 Å². The molecule has 0 aromatic rings. The Hall–Kier alpha value is -1.50. The normalized spacial score (nSPS) is 12.6. The zero-order valence-electron chi connectivity index (χ0n) is 11.8. The van der Waals surface area contributed by atoms with E-state index < -0.39 is 17.8 Å². The van der Waals surface area contributed by atoms with Gasteiger partial charge >= 0.3 is 12.2 Å². The molecule has 112 valence electrons. The quantitative estimate of drug-likeness (QED) is 0.604. The van der Waals surface area contributed by atoms with Gasteiger partial charge in [0, 0.05) is 0 Å². The molecule has 0 aliphatic carbocycles. The van der Waals surface area contributed by atoms with Crippen molar-refractivity contribution in [3.05, 3.63) is 0 Å². The van der Waals surface area contributed by atoms with Gasteiger partial charge in [0.25, 0.3) is 0 Å². The van der Waals surface area contributed by atoms with Crippen LogP contribution in [-0.4, -0.2) is 42.1 Å². The van der Waals surface area contributed by atoms with Crippen LogP contribution in [0.25, 0.3) is 0 Å². The topological polar surface area (TPSA) is 111 Å². The second-order valence-corrected chi connectivity index (χ2v) is 5.19. The fourth-order valence-electron chi connectivity index (χ4n) is 1.35. The summed E-state index contributed by atoms with van der Waals surface area (Å²) < 4.78 is 9.65. The highest BCUT2D eigenvalue weighted by molar-refractivity contribution is 5.68. The number of rotatable bonds is 7. The number of nitrogens with one attached hydrogen (secondary N) is 1. The maximum absolute atomic E-state index is 11.5. The van der Waals surface area contributed by atoms with Crippen molar-refractivity contribution in [2.45, 2.75) is 51.7 Å². The van der Waals surface area contributed by atoms with E-state index in [1.807, 2.05) is 0 Å². The van der Waals surface area contributed by atoms with E-state index in [4.69, 9.17) is 15.6 Å². The van der Waals surface area contributed by atoms with E-state index in [1.165, 1.54) is 0 Å². The first-order chi connectivity index (χ1) is 8.74. The molecule has 0 spiro atoms. The zero-order chi connectivity index (χ0) is 14.9. The van der Waals surface area contributed by atoms with Crippen LogP contribution in [0.1, 0.15) is 40.0 Å². The largest absolute Gasteiger partial charge is 0.450 e. The molecule has 7 heteroatoms. The summed E-state index contributed by atoms with van der Waals surface area (Å²) in [6.45, 7) is 5.36. The minimum absolute atomic E-state index is 0.171. The van der Waals surface area contributed by atoms with Crippen LogP contribution < -0.4 is 11.1 Å². The zero-order valence-corrected chi connectivity index (χ0v) is 11.8. The van der Waals surface area contributed by atoms with Gasteiger partial charge in [-0.3, -0.25) is 0 Å². The van der Waals surface area contributed by atoms with Crippen LogP contribution >= 0.6 is 0 Å². The highest BCUT2D eigenvalue weighted by Crippen LogP contribution is 2.08. The molecule has 0 heterocycles. The number of unbranched alkanes of at least 4 members (excludes halogenated alkanes) is 1. The van der Waals surface area contributed by atoms with Crippen molar-refractivity contribution in [3.8, 4) is 0 Å². The Morgan fingerprint density at radius 3 is 2.42 bits per heavy atom. The molecule has 7 nitrogen and oxygen atoms in total. The lowest BCUT2D eigenvalue weighted by Gasteiger charge is -2.22. The number of hydrogen-bond acceptors (Lipinski definition) is 5. The van der Waals surface area contributed by atoms with E-state index >= 15 is 0 Å². The van der Waals surface area contributed by atoms with Crippen LogP contribution in [0.5, 0.6) is 0 Å². The predicted molar refractivity (Wildman–Crippen MR) is 69.6 cm³/mol. The highest BCUT2D eigenvalue weighted by Gasteiger charge is 2.18. The van der Waals surface area contributed by atoms with Crippen LogP contribution in [0, 0.1) is 0 Å². The minimum atomic E-state index is -0.800. The molecule has 0 rings (SSSR count). The number of aliphatic hydroxyl groups is 1. The SMILES string of the molecule is CC(C)(C)OC(=O)N[C@H](CO)CCCCOC(N)=O. The molecular weight excluding hydrogens is 252 g/mol. The number of primary amides is 1. The van der Waals surface area contributed by atoms with Gasteiger partial charge in [0.15, 0.2) is 0 Å². The van der Waals surface area contributed by atoms with Crippen LogP contribution in [0.3, 0.4) is 0 Å². The van der Waals surface area contributed by atoms with Gasteiger partial charge in [-0.15, -0.1) is 0 Å². The summed E-state index contributed by atoms with van der Waals surface area (Å²) in [6.07, 6.45) is 0.521. The van der Waals surface area contributed by atoms with Gasteiger partial charge in [-0.25, -0.2) is 9.59 Å². The van der Waals surface area contributed by atoms with Gasteiger partial charge < -0.3 is 25.6 Å². The fourth-order valence-corrected chi connectivity index (χ4v) is 1.35. The molecule has 0 aliphatic rings.